The lowest BCUT2D eigenvalue weighted by molar-refractivity contribution is 0.404. The fraction of sp³-hybridized carbons (Fsp3) is 0.333. The van der Waals surface area contributed by atoms with Crippen LogP contribution < -0.4 is 11.3 Å². The van der Waals surface area contributed by atoms with E-state index in [0.29, 0.717) is 0 Å². The van der Waals surface area contributed by atoms with Gasteiger partial charge in [0.05, 0.1) is 6.04 Å². The molecule has 1 unspecified atom stereocenters. The maximum Gasteiger partial charge on any atom is 0.169 e. The van der Waals surface area contributed by atoms with E-state index in [1.807, 2.05) is 12.1 Å². The van der Waals surface area contributed by atoms with Gasteiger partial charge in [-0.15, -0.1) is 0 Å². The molecule has 3 rings (SSSR count). The monoisotopic (exact) mass is 320 g/mol. The minimum atomic E-state index is 0.00533. The fourth-order valence-corrected chi connectivity index (χ4v) is 3.06. The molecule has 0 spiro atoms. The van der Waals surface area contributed by atoms with E-state index in [4.69, 9.17) is 10.3 Å². The van der Waals surface area contributed by atoms with Crippen LogP contribution in [0.1, 0.15) is 34.9 Å². The van der Waals surface area contributed by atoms with Crippen molar-refractivity contribution < 1.29 is 4.42 Å². The number of hydrazine groups is 1. The van der Waals surface area contributed by atoms with Crippen molar-refractivity contribution in [3.63, 3.8) is 0 Å². The second-order valence-corrected chi connectivity index (χ2v) is 5.80. The summed E-state index contributed by atoms with van der Waals surface area (Å²) in [5, 5.41) is 0. The van der Waals surface area contributed by atoms with Gasteiger partial charge in [0.1, 0.15) is 5.76 Å². The lowest BCUT2D eigenvalue weighted by atomic mass is 10.00. The van der Waals surface area contributed by atoms with Gasteiger partial charge in [-0.3, -0.25) is 5.84 Å². The summed E-state index contributed by atoms with van der Waals surface area (Å²) in [5.74, 6) is 6.51. The first-order chi connectivity index (χ1) is 9.26. The Kier molecular flexibility index (Phi) is 3.73. The van der Waals surface area contributed by atoms with Crippen LogP contribution in [0.2, 0.25) is 0 Å². The molecule has 1 heterocycles. The van der Waals surface area contributed by atoms with Crippen molar-refractivity contribution in [1.82, 2.24) is 5.43 Å². The molecule has 100 valence electrons. The van der Waals surface area contributed by atoms with E-state index in [0.717, 1.165) is 16.9 Å². The number of nitrogens with two attached hydrogens (primary N) is 1. The standard InChI is InChI=1S/C15H17BrN2O/c16-15-7-6-14(19-15)13(18-17)9-10-4-5-11-2-1-3-12(11)8-10/h4-8,13,18H,1-3,9,17H2. The minimum Gasteiger partial charge on any atom is -0.453 e. The van der Waals surface area contributed by atoms with Gasteiger partial charge in [-0.05, 0) is 70.4 Å². The molecule has 1 aliphatic rings. The summed E-state index contributed by atoms with van der Waals surface area (Å²) in [6.07, 6.45) is 4.54. The Bertz CT molecular complexity index is 579. The van der Waals surface area contributed by atoms with Gasteiger partial charge in [-0.2, -0.15) is 0 Å². The van der Waals surface area contributed by atoms with Crippen molar-refractivity contribution in [3.05, 3.63) is 57.5 Å². The van der Waals surface area contributed by atoms with Gasteiger partial charge in [-0.25, -0.2) is 5.43 Å². The SMILES string of the molecule is NNC(Cc1ccc2c(c1)CCC2)c1ccc(Br)o1. The highest BCUT2D eigenvalue weighted by Gasteiger charge is 2.16. The molecule has 2 aromatic rings. The highest BCUT2D eigenvalue weighted by atomic mass is 79.9. The van der Waals surface area contributed by atoms with Gasteiger partial charge in [0.25, 0.3) is 0 Å². The summed E-state index contributed by atoms with van der Waals surface area (Å²) in [4.78, 5) is 0. The molecule has 19 heavy (non-hydrogen) atoms. The summed E-state index contributed by atoms with van der Waals surface area (Å²) in [5.41, 5.74) is 7.13. The van der Waals surface area contributed by atoms with E-state index in [2.05, 4.69) is 39.6 Å². The minimum absolute atomic E-state index is 0.00533. The van der Waals surface area contributed by atoms with Crippen molar-refractivity contribution in [2.45, 2.75) is 31.7 Å². The molecule has 0 aliphatic heterocycles. The van der Waals surface area contributed by atoms with E-state index in [9.17, 15) is 0 Å². The highest BCUT2D eigenvalue weighted by molar-refractivity contribution is 9.10. The van der Waals surface area contributed by atoms with Gasteiger partial charge >= 0.3 is 0 Å². The molecule has 0 saturated heterocycles. The molecule has 1 aromatic carbocycles. The number of furan rings is 1. The van der Waals surface area contributed by atoms with Crippen LogP contribution in [0.4, 0.5) is 0 Å². The number of halogens is 1. The van der Waals surface area contributed by atoms with Gasteiger partial charge in [0, 0.05) is 0 Å². The van der Waals surface area contributed by atoms with Crippen molar-refractivity contribution in [2.24, 2.45) is 5.84 Å². The number of aryl methyl sites for hydroxylation is 2. The molecule has 1 aliphatic carbocycles. The van der Waals surface area contributed by atoms with Crippen LogP contribution in [-0.2, 0) is 19.3 Å². The molecular weight excluding hydrogens is 304 g/mol. The van der Waals surface area contributed by atoms with Gasteiger partial charge in [0.15, 0.2) is 4.67 Å². The number of nitrogens with one attached hydrogen (secondary N) is 1. The molecule has 4 heteroatoms. The van der Waals surface area contributed by atoms with E-state index in [-0.39, 0.29) is 6.04 Å². The van der Waals surface area contributed by atoms with Crippen LogP contribution in [0.25, 0.3) is 0 Å². The average Bonchev–Trinajstić information content (AvgIpc) is 3.04. The van der Waals surface area contributed by atoms with Crippen LogP contribution in [0.5, 0.6) is 0 Å². The molecule has 3 nitrogen and oxygen atoms in total. The van der Waals surface area contributed by atoms with Crippen LogP contribution in [0, 0.1) is 0 Å². The lowest BCUT2D eigenvalue weighted by Crippen LogP contribution is -2.29. The predicted octanol–water partition coefficient (Wildman–Crippen LogP) is 3.28. The van der Waals surface area contributed by atoms with Crippen LogP contribution >= 0.6 is 15.9 Å². The van der Waals surface area contributed by atoms with E-state index >= 15 is 0 Å². The maximum absolute atomic E-state index is 5.65. The van der Waals surface area contributed by atoms with Gasteiger partial charge in [-0.1, -0.05) is 18.2 Å². The van der Waals surface area contributed by atoms with Crippen molar-refractivity contribution >= 4 is 15.9 Å². The average molecular weight is 321 g/mol. The third-order valence-electron chi connectivity index (χ3n) is 3.74. The topological polar surface area (TPSA) is 51.2 Å². The number of hydrogen-bond acceptors (Lipinski definition) is 3. The first-order valence-electron chi connectivity index (χ1n) is 6.58. The summed E-state index contributed by atoms with van der Waals surface area (Å²) < 4.78 is 6.31. The Morgan fingerprint density at radius 1 is 1.21 bits per heavy atom. The van der Waals surface area contributed by atoms with Crippen molar-refractivity contribution in [3.8, 4) is 0 Å². The van der Waals surface area contributed by atoms with Crippen molar-refractivity contribution in [1.29, 1.82) is 0 Å². The zero-order chi connectivity index (χ0) is 13.2. The Morgan fingerprint density at radius 2 is 2.05 bits per heavy atom. The molecule has 0 saturated carbocycles. The Morgan fingerprint density at radius 3 is 2.79 bits per heavy atom. The molecule has 1 aromatic heterocycles. The van der Waals surface area contributed by atoms with Gasteiger partial charge < -0.3 is 4.42 Å². The molecular formula is C15H17BrN2O. The quantitative estimate of drug-likeness (QED) is 0.671. The summed E-state index contributed by atoms with van der Waals surface area (Å²) in [7, 11) is 0. The van der Waals surface area contributed by atoms with Crippen LogP contribution in [-0.4, -0.2) is 0 Å². The summed E-state index contributed by atoms with van der Waals surface area (Å²) >= 11 is 3.32. The largest absolute Gasteiger partial charge is 0.453 e. The Hall–Kier alpha value is -1.10. The molecule has 3 N–H and O–H groups in total. The summed E-state index contributed by atoms with van der Waals surface area (Å²) in [6, 6.07) is 10.6. The smallest absolute Gasteiger partial charge is 0.169 e. The first-order valence-corrected chi connectivity index (χ1v) is 7.37. The predicted molar refractivity (Wildman–Crippen MR) is 78.6 cm³/mol. The molecule has 0 fully saturated rings. The Balaban J connectivity index is 1.79. The van der Waals surface area contributed by atoms with E-state index in [1.54, 1.807) is 0 Å². The van der Waals surface area contributed by atoms with Crippen LogP contribution in [0.15, 0.2) is 39.4 Å². The van der Waals surface area contributed by atoms with Crippen LogP contribution in [0.3, 0.4) is 0 Å². The van der Waals surface area contributed by atoms with Crippen molar-refractivity contribution in [2.75, 3.05) is 0 Å². The zero-order valence-corrected chi connectivity index (χ0v) is 12.2. The lowest BCUT2D eigenvalue weighted by Gasteiger charge is -2.14. The number of rotatable bonds is 4. The number of hydrogen-bond donors (Lipinski definition) is 2. The second kappa shape index (κ2) is 5.49. The third kappa shape index (κ3) is 2.76. The van der Waals surface area contributed by atoms with Gasteiger partial charge in [0.2, 0.25) is 0 Å². The zero-order valence-electron chi connectivity index (χ0n) is 10.7. The number of benzene rings is 1. The number of fused-ring (bicyclic) bond motifs is 1. The summed E-state index contributed by atoms with van der Waals surface area (Å²) in [6.45, 7) is 0. The molecule has 0 radical (unpaired) electrons. The third-order valence-corrected chi connectivity index (χ3v) is 4.17. The second-order valence-electron chi connectivity index (χ2n) is 5.02. The fourth-order valence-electron chi connectivity index (χ4n) is 2.75. The molecule has 1 atom stereocenters. The Labute approximate surface area is 121 Å². The first kappa shape index (κ1) is 12.9. The van der Waals surface area contributed by atoms with E-state index < -0.39 is 0 Å². The molecule has 0 amide bonds. The molecule has 0 bridgehead atoms. The highest BCUT2D eigenvalue weighted by Crippen LogP contribution is 2.26. The van der Waals surface area contributed by atoms with E-state index in [1.165, 1.54) is 36.0 Å². The normalized spacial score (nSPS) is 15.5. The maximum atomic E-state index is 5.65.